The molecule has 1 radical (unpaired) electrons. The molecule has 1 atom stereocenters. The van der Waals surface area contributed by atoms with Crippen LogP contribution in [0.4, 0.5) is 0 Å². The fraction of sp³-hybridized carbons (Fsp3) is 0.909. The summed E-state index contributed by atoms with van der Waals surface area (Å²) >= 11 is 0. The van der Waals surface area contributed by atoms with Gasteiger partial charge in [-0.3, -0.25) is 4.99 Å². The molecule has 0 saturated carbocycles. The van der Waals surface area contributed by atoms with E-state index >= 15 is 0 Å². The van der Waals surface area contributed by atoms with E-state index in [1.54, 1.807) is 0 Å². The average Bonchev–Trinajstić information content (AvgIpc) is 2.04. The van der Waals surface area contributed by atoms with Crippen molar-refractivity contribution in [1.29, 1.82) is 0 Å². The van der Waals surface area contributed by atoms with E-state index in [1.165, 1.54) is 0 Å². The van der Waals surface area contributed by atoms with E-state index in [2.05, 4.69) is 11.9 Å². The second kappa shape index (κ2) is 8.16. The molecular weight excluding hydrogens is 307 g/mol. The Labute approximate surface area is 121 Å². The quantitative estimate of drug-likeness (QED) is 0.773. The summed E-state index contributed by atoms with van der Waals surface area (Å²) in [6, 6.07) is 0. The topological polar surface area (TPSA) is 32.6 Å². The molecule has 0 aliphatic rings. The van der Waals surface area contributed by atoms with Gasteiger partial charge in [-0.15, -0.1) is 0 Å². The Morgan fingerprint density at radius 3 is 2.14 bits per heavy atom. The summed E-state index contributed by atoms with van der Waals surface area (Å²) < 4.78 is 0. The van der Waals surface area contributed by atoms with Gasteiger partial charge < -0.3 is 5.11 Å². The van der Waals surface area contributed by atoms with Crippen molar-refractivity contribution in [2.24, 2.45) is 10.9 Å². The van der Waals surface area contributed by atoms with Gasteiger partial charge in [-0.25, -0.2) is 0 Å². The smallest absolute Gasteiger partial charge is 0.104 e. The number of aliphatic hydroxyl groups is 1. The van der Waals surface area contributed by atoms with Crippen LogP contribution in [0.1, 0.15) is 47.5 Å². The van der Waals surface area contributed by atoms with E-state index in [-0.39, 0.29) is 46.3 Å². The maximum Gasteiger partial charge on any atom is 0.104 e. The van der Waals surface area contributed by atoms with Crippen molar-refractivity contribution in [3.05, 3.63) is 0 Å². The zero-order chi connectivity index (χ0) is 10.5. The molecule has 3 heteroatoms. The molecule has 0 rings (SSSR count). The Kier molecular flexibility index (Phi) is 10.1. The van der Waals surface area contributed by atoms with Gasteiger partial charge in [0.25, 0.3) is 0 Å². The molecule has 0 fully saturated rings. The van der Waals surface area contributed by atoms with Gasteiger partial charge in [-0.1, -0.05) is 27.2 Å². The summed E-state index contributed by atoms with van der Waals surface area (Å²) in [4.78, 5) is 4.30. The van der Waals surface area contributed by atoms with Crippen LogP contribution in [-0.4, -0.2) is 23.0 Å². The van der Waals surface area contributed by atoms with E-state index in [9.17, 15) is 5.11 Å². The molecular formula is C11H23NOPm. The molecule has 1 N–H and O–H groups in total. The predicted molar refractivity (Wildman–Crippen MR) is 58.3 cm³/mol. The molecule has 0 spiro atoms. The van der Waals surface area contributed by atoms with Crippen molar-refractivity contribution in [3.8, 4) is 0 Å². The van der Waals surface area contributed by atoms with Gasteiger partial charge in [0.05, 0.1) is 0 Å². The van der Waals surface area contributed by atoms with Crippen LogP contribution in [0.5, 0.6) is 0 Å². The molecule has 0 amide bonds. The number of aliphatic imine (C=N–C) groups is 1. The first-order valence-electron chi connectivity index (χ1n) is 5.22. The van der Waals surface area contributed by atoms with Gasteiger partial charge in [0.15, 0.2) is 0 Å². The van der Waals surface area contributed by atoms with Crippen LogP contribution >= 0.6 is 0 Å². The van der Waals surface area contributed by atoms with Crippen LogP contribution in [0.3, 0.4) is 0 Å². The van der Waals surface area contributed by atoms with Crippen LogP contribution in [0, 0.1) is 46.3 Å². The number of nitrogens with zero attached hydrogens (tertiary/aromatic N) is 1. The summed E-state index contributed by atoms with van der Waals surface area (Å²) in [6.45, 7) is 10.9. The summed E-state index contributed by atoms with van der Waals surface area (Å²) in [7, 11) is 0. The van der Waals surface area contributed by atoms with Crippen molar-refractivity contribution in [2.75, 3.05) is 6.54 Å². The van der Waals surface area contributed by atoms with E-state index < -0.39 is 5.60 Å². The van der Waals surface area contributed by atoms with Gasteiger partial charge in [-0.2, -0.15) is 0 Å². The summed E-state index contributed by atoms with van der Waals surface area (Å²) in [5.41, 5.74) is 0.192. The Morgan fingerprint density at radius 1 is 1.36 bits per heavy atom. The molecule has 2 nitrogen and oxygen atoms in total. The van der Waals surface area contributed by atoms with Crippen LogP contribution in [-0.2, 0) is 0 Å². The van der Waals surface area contributed by atoms with Crippen LogP contribution in [0.2, 0.25) is 0 Å². The largest absolute Gasteiger partial charge is 0.384 e. The van der Waals surface area contributed by atoms with Crippen molar-refractivity contribution in [3.63, 3.8) is 0 Å². The van der Waals surface area contributed by atoms with Crippen molar-refractivity contribution in [2.45, 2.75) is 53.1 Å². The fourth-order valence-electron chi connectivity index (χ4n) is 1.64. The van der Waals surface area contributed by atoms with Gasteiger partial charge in [0.2, 0.25) is 0 Å². The molecule has 0 heterocycles. The van der Waals surface area contributed by atoms with E-state index in [4.69, 9.17) is 0 Å². The van der Waals surface area contributed by atoms with Gasteiger partial charge in [0, 0.05) is 52.6 Å². The molecule has 1 unspecified atom stereocenters. The molecule has 0 bridgehead atoms. The minimum absolute atomic E-state index is 0. The second-order valence-electron chi connectivity index (χ2n) is 3.89. The fourth-order valence-corrected chi connectivity index (χ4v) is 1.64. The maximum absolute atomic E-state index is 10.4. The molecule has 83 valence electrons. The standard InChI is InChI=1S/C11H23NO.Pm/c1-6-8-11(13,9(3)4)10(5)12-7-2;/h9,13H,6-8H2,1-5H3;. The summed E-state index contributed by atoms with van der Waals surface area (Å²) in [6.07, 6.45) is 1.80. The SMILES string of the molecule is CCCC(O)(C(C)=NCC)C(C)C.[Pm]. The minimum Gasteiger partial charge on any atom is -0.384 e. The molecule has 0 aromatic rings. The number of rotatable bonds is 5. The third-order valence-electron chi connectivity index (χ3n) is 2.61. The zero-order valence-corrected chi connectivity index (χ0v) is 12.9. The van der Waals surface area contributed by atoms with Crippen molar-refractivity contribution >= 4 is 5.71 Å². The summed E-state index contributed by atoms with van der Waals surface area (Å²) in [5, 5.41) is 10.4. The number of hydrogen-bond donors (Lipinski definition) is 1. The zero-order valence-electron chi connectivity index (χ0n) is 10.0. The second-order valence-corrected chi connectivity index (χ2v) is 3.89. The monoisotopic (exact) mass is 330 g/mol. The van der Waals surface area contributed by atoms with Crippen LogP contribution in [0.15, 0.2) is 4.99 Å². The average molecular weight is 330 g/mol. The van der Waals surface area contributed by atoms with Gasteiger partial charge in [-0.05, 0) is 26.2 Å². The van der Waals surface area contributed by atoms with Crippen molar-refractivity contribution < 1.29 is 45.5 Å². The molecule has 0 aliphatic heterocycles. The minimum atomic E-state index is -0.690. The summed E-state index contributed by atoms with van der Waals surface area (Å²) in [5.74, 6) is 0.239. The first-order valence-corrected chi connectivity index (χ1v) is 5.22. The third-order valence-corrected chi connectivity index (χ3v) is 2.61. The molecule has 0 aromatic heterocycles. The molecule has 0 saturated heterocycles. The Bertz CT molecular complexity index is 180. The molecule has 14 heavy (non-hydrogen) atoms. The predicted octanol–water partition coefficient (Wildman–Crippen LogP) is 2.65. The van der Waals surface area contributed by atoms with Gasteiger partial charge in [0.1, 0.15) is 5.60 Å². The van der Waals surface area contributed by atoms with Gasteiger partial charge >= 0.3 is 0 Å². The number of hydrogen-bond acceptors (Lipinski definition) is 2. The Balaban J connectivity index is 0. The van der Waals surface area contributed by atoms with E-state index in [0.717, 1.165) is 25.1 Å². The Hall–Kier alpha value is 0.968. The first-order chi connectivity index (χ1) is 5.99. The Morgan fingerprint density at radius 2 is 1.86 bits per heavy atom. The third kappa shape index (κ3) is 4.66. The first kappa shape index (κ1) is 17.4. The van der Waals surface area contributed by atoms with Crippen LogP contribution < -0.4 is 0 Å². The maximum atomic E-state index is 10.4. The van der Waals surface area contributed by atoms with Crippen molar-refractivity contribution in [1.82, 2.24) is 0 Å². The normalized spacial score (nSPS) is 16.4. The van der Waals surface area contributed by atoms with E-state index in [1.807, 2.05) is 27.7 Å². The van der Waals surface area contributed by atoms with E-state index in [0.29, 0.717) is 0 Å². The van der Waals surface area contributed by atoms with Crippen LogP contribution in [0.25, 0.3) is 0 Å². The molecule has 0 aliphatic carbocycles. The molecule has 0 aromatic carbocycles.